The van der Waals surface area contributed by atoms with Crippen molar-refractivity contribution >= 4 is 29.4 Å². The molecule has 1 saturated carbocycles. The Bertz CT molecular complexity index is 1510. The molecule has 2 heterocycles. The zero-order valence-corrected chi connectivity index (χ0v) is 19.8. The average molecular weight is 500 g/mol. The van der Waals surface area contributed by atoms with E-state index in [9.17, 15) is 19.2 Å². The van der Waals surface area contributed by atoms with E-state index in [0.29, 0.717) is 0 Å². The summed E-state index contributed by atoms with van der Waals surface area (Å²) in [5.74, 6) is -1.63. The van der Waals surface area contributed by atoms with Crippen LogP contribution in [-0.4, -0.2) is 39.2 Å². The molecule has 1 aliphatic heterocycles. The second kappa shape index (κ2) is 10.1. The van der Waals surface area contributed by atoms with E-state index in [-0.39, 0.29) is 12.0 Å². The quantitative estimate of drug-likeness (QED) is 0.459. The highest BCUT2D eigenvalue weighted by Gasteiger charge is 2.43. The minimum absolute atomic E-state index is 0.00885. The largest absolute Gasteiger partial charge is 0.451 e. The Kier molecular flexibility index (Phi) is 6.55. The molecule has 3 aromatic rings. The molecule has 5 rings (SSSR count). The topological polar surface area (TPSA) is 151 Å². The van der Waals surface area contributed by atoms with Crippen molar-refractivity contribution in [3.8, 4) is 0 Å². The lowest BCUT2D eigenvalue weighted by atomic mass is 9.77. The number of nitrogens with two attached hydrogens (primary N) is 1. The number of benzene rings is 2. The Morgan fingerprint density at radius 2 is 1.76 bits per heavy atom. The van der Waals surface area contributed by atoms with Crippen molar-refractivity contribution in [2.24, 2.45) is 11.0 Å². The van der Waals surface area contributed by atoms with Gasteiger partial charge in [-0.3, -0.25) is 19.6 Å². The Morgan fingerprint density at radius 1 is 1.05 bits per heavy atom. The van der Waals surface area contributed by atoms with Gasteiger partial charge in [0.15, 0.2) is 12.3 Å². The molecule has 2 aliphatic rings. The number of anilines is 1. The predicted molar refractivity (Wildman–Crippen MR) is 138 cm³/mol. The monoisotopic (exact) mass is 499 g/mol. The first-order valence-corrected chi connectivity index (χ1v) is 11.9. The van der Waals surface area contributed by atoms with Crippen LogP contribution in [0.3, 0.4) is 0 Å². The maximum Gasteiger partial charge on any atom is 0.357 e. The lowest BCUT2D eigenvalue weighted by Gasteiger charge is -2.29. The third-order valence-corrected chi connectivity index (χ3v) is 6.55. The van der Waals surface area contributed by atoms with E-state index >= 15 is 0 Å². The van der Waals surface area contributed by atoms with Gasteiger partial charge >= 0.3 is 11.7 Å². The van der Waals surface area contributed by atoms with Crippen LogP contribution in [0.25, 0.3) is 6.08 Å². The molecule has 0 spiro atoms. The number of hydrogen-bond donors (Lipinski definition) is 3. The fraction of sp³-hybridized carbons (Fsp3) is 0.222. The average Bonchev–Trinajstić information content (AvgIpc) is 3.31. The number of rotatable bonds is 5. The van der Waals surface area contributed by atoms with Crippen LogP contribution in [0.1, 0.15) is 46.9 Å². The van der Waals surface area contributed by atoms with Crippen LogP contribution in [0.2, 0.25) is 0 Å². The van der Waals surface area contributed by atoms with E-state index in [1.165, 1.54) is 5.01 Å². The van der Waals surface area contributed by atoms with Crippen LogP contribution < -0.4 is 17.0 Å². The lowest BCUT2D eigenvalue weighted by Crippen LogP contribution is -2.35. The molecule has 4 N–H and O–H groups in total. The van der Waals surface area contributed by atoms with Crippen LogP contribution in [0.4, 0.5) is 5.69 Å². The van der Waals surface area contributed by atoms with Gasteiger partial charge in [-0.2, -0.15) is 5.10 Å². The fourth-order valence-electron chi connectivity index (χ4n) is 4.86. The maximum absolute atomic E-state index is 13.3. The molecule has 2 unspecified atom stereocenters. The van der Waals surface area contributed by atoms with Crippen molar-refractivity contribution in [3.63, 3.8) is 0 Å². The number of esters is 1. The molecule has 1 amide bonds. The Labute approximate surface area is 211 Å². The molecule has 1 aliphatic carbocycles. The molecule has 2 aromatic carbocycles. The summed E-state index contributed by atoms with van der Waals surface area (Å²) in [6, 6.07) is 19.2. The number of ether oxygens (including phenoxy) is 1. The van der Waals surface area contributed by atoms with Gasteiger partial charge in [0.2, 0.25) is 0 Å². The molecule has 37 heavy (non-hydrogen) atoms. The molecule has 0 saturated heterocycles. The van der Waals surface area contributed by atoms with E-state index in [2.05, 4.69) is 11.1 Å². The Morgan fingerprint density at radius 3 is 2.49 bits per heavy atom. The number of carbonyl (C=O) groups excluding carboxylic acids is 2. The van der Waals surface area contributed by atoms with Gasteiger partial charge in [-0.25, -0.2) is 14.6 Å². The molecule has 10 nitrogen and oxygen atoms in total. The summed E-state index contributed by atoms with van der Waals surface area (Å²) in [4.78, 5) is 53.2. The number of nitrogens with zero attached hydrogens (tertiary/aromatic N) is 2. The highest BCUT2D eigenvalue weighted by molar-refractivity contribution is 6.08. The summed E-state index contributed by atoms with van der Waals surface area (Å²) >= 11 is 0. The van der Waals surface area contributed by atoms with Gasteiger partial charge < -0.3 is 10.5 Å². The minimum Gasteiger partial charge on any atom is -0.451 e. The van der Waals surface area contributed by atoms with Crippen molar-refractivity contribution in [2.45, 2.75) is 25.3 Å². The molecule has 188 valence electrons. The third-order valence-electron chi connectivity index (χ3n) is 6.55. The number of hydrogen-bond acceptors (Lipinski definition) is 7. The molecule has 10 heteroatoms. The van der Waals surface area contributed by atoms with Gasteiger partial charge in [0.05, 0.1) is 11.8 Å². The van der Waals surface area contributed by atoms with Crippen LogP contribution in [-0.2, 0) is 9.53 Å². The van der Waals surface area contributed by atoms with Gasteiger partial charge in [-0.1, -0.05) is 60.7 Å². The minimum atomic E-state index is -1.08. The van der Waals surface area contributed by atoms with Crippen LogP contribution in [0.5, 0.6) is 0 Å². The molecule has 1 fully saturated rings. The summed E-state index contributed by atoms with van der Waals surface area (Å²) in [5, 5.41) is 6.13. The highest BCUT2D eigenvalue weighted by atomic mass is 16.5. The summed E-state index contributed by atoms with van der Waals surface area (Å²) in [7, 11) is 0. The lowest BCUT2D eigenvalue weighted by molar-refractivity contribution is -0.137. The first kappa shape index (κ1) is 24.0. The molecule has 0 radical (unpaired) electrons. The van der Waals surface area contributed by atoms with Gasteiger partial charge in [-0.15, -0.1) is 0 Å². The molecular formula is C27H25N5O5. The molecule has 1 aromatic heterocycles. The van der Waals surface area contributed by atoms with Crippen molar-refractivity contribution in [3.05, 3.63) is 104 Å². The second-order valence-electron chi connectivity index (χ2n) is 8.93. The Balaban J connectivity index is 1.43. The second-order valence-corrected chi connectivity index (χ2v) is 8.93. The maximum atomic E-state index is 13.3. The highest BCUT2D eigenvalue weighted by Crippen LogP contribution is 2.44. The molecular weight excluding hydrogens is 474 g/mol. The summed E-state index contributed by atoms with van der Waals surface area (Å²) in [5.41, 5.74) is 6.68. The van der Waals surface area contributed by atoms with Crippen molar-refractivity contribution in [1.29, 1.82) is 0 Å². The zero-order valence-electron chi connectivity index (χ0n) is 19.8. The number of amides is 1. The molecule has 2 atom stereocenters. The van der Waals surface area contributed by atoms with Gasteiger partial charge in [0, 0.05) is 5.92 Å². The van der Waals surface area contributed by atoms with Crippen molar-refractivity contribution in [2.75, 3.05) is 12.3 Å². The van der Waals surface area contributed by atoms with Crippen LogP contribution in [0.15, 0.2) is 80.9 Å². The van der Waals surface area contributed by atoms with E-state index in [1.54, 1.807) is 0 Å². The Hall–Kier alpha value is -4.73. The SMILES string of the molecule is Nc1c(C(=O)OCC(=O)N2N=C3C(=Cc4ccccc4)CCCC3C2c2ccccc2)[nH]c(=O)[nH]c1=O. The number of H-pyrrole nitrogens is 2. The number of aromatic nitrogens is 2. The number of allylic oxidation sites excluding steroid dienone is 1. The number of nitrogen functional groups attached to an aromatic ring is 1. The summed E-state index contributed by atoms with van der Waals surface area (Å²) in [6.45, 7) is -0.641. The summed E-state index contributed by atoms with van der Waals surface area (Å²) < 4.78 is 5.14. The van der Waals surface area contributed by atoms with Crippen LogP contribution in [0, 0.1) is 5.92 Å². The fourth-order valence-corrected chi connectivity index (χ4v) is 4.86. The van der Waals surface area contributed by atoms with Crippen molar-refractivity contribution in [1.82, 2.24) is 15.0 Å². The predicted octanol–water partition coefficient (Wildman–Crippen LogP) is 2.63. The van der Waals surface area contributed by atoms with E-state index in [0.717, 1.165) is 41.7 Å². The summed E-state index contributed by atoms with van der Waals surface area (Å²) in [6.07, 6.45) is 4.77. The zero-order chi connectivity index (χ0) is 25.9. The van der Waals surface area contributed by atoms with E-state index in [4.69, 9.17) is 15.6 Å². The number of aromatic amines is 2. The van der Waals surface area contributed by atoms with Gasteiger partial charge in [0.1, 0.15) is 5.69 Å². The van der Waals surface area contributed by atoms with Gasteiger partial charge in [-0.05, 0) is 42.0 Å². The van der Waals surface area contributed by atoms with Crippen molar-refractivity contribution < 1.29 is 14.3 Å². The third kappa shape index (κ3) is 4.86. The number of nitrogens with one attached hydrogen (secondary N) is 2. The molecule has 0 bridgehead atoms. The van der Waals surface area contributed by atoms with Gasteiger partial charge in [0.25, 0.3) is 11.5 Å². The normalized spacial score (nSPS) is 19.8. The first-order chi connectivity index (χ1) is 17.9. The number of fused-ring (bicyclic) bond motifs is 1. The number of carbonyl (C=O) groups is 2. The van der Waals surface area contributed by atoms with Crippen LogP contribution >= 0.6 is 0 Å². The number of hydrazone groups is 1. The smallest absolute Gasteiger partial charge is 0.357 e. The standard InChI is InChI=1S/C27H25N5O5/c28-21-23(29-27(36)30-25(21)34)26(35)37-15-20(33)32-24(17-10-5-2-6-11-17)19-13-7-12-18(22(19)31-32)14-16-8-3-1-4-9-16/h1-6,8-11,14,19,24H,7,12-13,15,28H2,(H2,29,30,34,36). The van der Waals surface area contributed by atoms with E-state index in [1.807, 2.05) is 65.6 Å². The first-order valence-electron chi connectivity index (χ1n) is 11.9. The van der Waals surface area contributed by atoms with E-state index < -0.39 is 41.1 Å².